The summed E-state index contributed by atoms with van der Waals surface area (Å²) in [4.78, 5) is 6.78. The van der Waals surface area contributed by atoms with E-state index < -0.39 is 0 Å². The molecular weight excluding hydrogens is 270 g/mol. The summed E-state index contributed by atoms with van der Waals surface area (Å²) in [5, 5.41) is 0. The van der Waals surface area contributed by atoms with Crippen LogP contribution in [0.25, 0.3) is 0 Å². The number of allylic oxidation sites excluding steroid dienone is 2. The van der Waals surface area contributed by atoms with Crippen molar-refractivity contribution in [2.45, 2.75) is 90.6 Å². The highest BCUT2D eigenvalue weighted by molar-refractivity contribution is 5.84. The minimum atomic E-state index is 0.0996. The highest BCUT2D eigenvalue weighted by Gasteiger charge is 2.18. The average molecular weight is 308 g/mol. The molecule has 0 saturated carbocycles. The quantitative estimate of drug-likeness (QED) is 0.389. The van der Waals surface area contributed by atoms with Crippen LogP contribution in [0, 0.1) is 0 Å². The van der Waals surface area contributed by atoms with E-state index in [1.807, 2.05) is 6.92 Å². The Morgan fingerprint density at radius 1 is 1.05 bits per heavy atom. The number of nitrogens with two attached hydrogens (primary N) is 1. The molecule has 0 saturated heterocycles. The van der Waals surface area contributed by atoms with Gasteiger partial charge < -0.3 is 10.6 Å². The molecule has 2 N–H and O–H groups in total. The number of rotatable bonds is 13. The first-order chi connectivity index (χ1) is 10.8. The number of amidine groups is 1. The molecule has 0 radical (unpaired) electrons. The van der Waals surface area contributed by atoms with Gasteiger partial charge in [0.05, 0.1) is 12.7 Å². The Balaban J connectivity index is 1.92. The molecule has 22 heavy (non-hydrogen) atoms. The van der Waals surface area contributed by atoms with Gasteiger partial charge in [-0.2, -0.15) is 0 Å². The Kier molecular flexibility index (Phi) is 11.1. The van der Waals surface area contributed by atoms with Crippen LogP contribution < -0.4 is 5.73 Å². The Morgan fingerprint density at radius 2 is 1.68 bits per heavy atom. The predicted molar refractivity (Wildman–Crippen MR) is 98.3 cm³/mol. The van der Waals surface area contributed by atoms with Crippen LogP contribution in [0.15, 0.2) is 17.1 Å². The molecule has 0 aliphatic carbocycles. The predicted octanol–water partition coefficient (Wildman–Crippen LogP) is 4.87. The Morgan fingerprint density at radius 3 is 2.36 bits per heavy atom. The third-order valence-corrected chi connectivity index (χ3v) is 4.38. The zero-order chi connectivity index (χ0) is 16.0. The second-order valence-electron chi connectivity index (χ2n) is 6.51. The number of aliphatic imine (C=N–C) groups is 1. The molecule has 0 spiro atoms. The summed E-state index contributed by atoms with van der Waals surface area (Å²) in [5.74, 6) is 1.20. The molecule has 0 fully saturated rings. The molecule has 0 aromatic rings. The maximum Gasteiger partial charge on any atom is 0.101 e. The molecule has 1 unspecified atom stereocenters. The summed E-state index contributed by atoms with van der Waals surface area (Å²) >= 11 is 0. The van der Waals surface area contributed by atoms with Crippen molar-refractivity contribution in [1.29, 1.82) is 0 Å². The van der Waals surface area contributed by atoms with Gasteiger partial charge in [-0.1, -0.05) is 64.0 Å². The maximum atomic E-state index is 5.95. The van der Waals surface area contributed by atoms with Crippen LogP contribution in [0.5, 0.6) is 0 Å². The van der Waals surface area contributed by atoms with Crippen LogP contribution in [0.3, 0.4) is 0 Å². The minimum Gasteiger partial charge on any atom is -0.343 e. The monoisotopic (exact) mass is 307 g/mol. The standard InChI is InChI=1S/C19H37N3/c1-3-4-5-6-7-8-9-10-11-12-13-14-15-19-21-16-17-22(19)18(2)20/h12-13,18H,3-11,14-17,20H2,1-2H3/b13-12+. The number of nitrogens with zero attached hydrogens (tertiary/aromatic N) is 2. The van der Waals surface area contributed by atoms with Crippen LogP contribution in [0.1, 0.15) is 84.5 Å². The van der Waals surface area contributed by atoms with Crippen LogP contribution in [0.4, 0.5) is 0 Å². The Bertz CT molecular complexity index is 321. The van der Waals surface area contributed by atoms with E-state index >= 15 is 0 Å². The fourth-order valence-corrected chi connectivity index (χ4v) is 3.01. The molecule has 0 aromatic heterocycles. The van der Waals surface area contributed by atoms with Crippen LogP contribution >= 0.6 is 0 Å². The van der Waals surface area contributed by atoms with Crippen molar-refractivity contribution in [3.05, 3.63) is 12.2 Å². The molecule has 3 nitrogen and oxygen atoms in total. The number of hydrogen-bond acceptors (Lipinski definition) is 3. The van der Waals surface area contributed by atoms with Gasteiger partial charge in [0.1, 0.15) is 5.84 Å². The summed E-state index contributed by atoms with van der Waals surface area (Å²) < 4.78 is 0. The fourth-order valence-electron chi connectivity index (χ4n) is 3.01. The van der Waals surface area contributed by atoms with Crippen molar-refractivity contribution >= 4 is 5.84 Å². The van der Waals surface area contributed by atoms with Crippen LogP contribution in [0.2, 0.25) is 0 Å². The zero-order valence-electron chi connectivity index (χ0n) is 14.9. The lowest BCUT2D eigenvalue weighted by molar-refractivity contribution is 0.360. The largest absolute Gasteiger partial charge is 0.343 e. The van der Waals surface area contributed by atoms with Gasteiger partial charge in [0.2, 0.25) is 0 Å². The summed E-state index contributed by atoms with van der Waals surface area (Å²) in [6.45, 7) is 6.23. The summed E-state index contributed by atoms with van der Waals surface area (Å²) in [6, 6.07) is 0. The molecule has 1 aliphatic heterocycles. The first kappa shape index (κ1) is 19.2. The van der Waals surface area contributed by atoms with Gasteiger partial charge >= 0.3 is 0 Å². The highest BCUT2D eigenvalue weighted by atomic mass is 15.3. The van der Waals surface area contributed by atoms with E-state index in [1.165, 1.54) is 63.6 Å². The van der Waals surface area contributed by atoms with Gasteiger partial charge in [0.15, 0.2) is 0 Å². The highest BCUT2D eigenvalue weighted by Crippen LogP contribution is 2.11. The summed E-state index contributed by atoms with van der Waals surface area (Å²) in [5.41, 5.74) is 5.95. The Labute approximate surface area is 138 Å². The van der Waals surface area contributed by atoms with E-state index in [2.05, 4.69) is 29.0 Å². The first-order valence-corrected chi connectivity index (χ1v) is 9.46. The van der Waals surface area contributed by atoms with Gasteiger partial charge in [-0.05, 0) is 26.2 Å². The smallest absolute Gasteiger partial charge is 0.101 e. The number of hydrogen-bond donors (Lipinski definition) is 1. The molecule has 128 valence electrons. The van der Waals surface area contributed by atoms with E-state index in [0.29, 0.717) is 0 Å². The lowest BCUT2D eigenvalue weighted by atomic mass is 10.1. The topological polar surface area (TPSA) is 41.6 Å². The first-order valence-electron chi connectivity index (χ1n) is 9.46. The van der Waals surface area contributed by atoms with E-state index in [4.69, 9.17) is 5.73 Å². The Hall–Kier alpha value is -0.830. The molecular formula is C19H37N3. The maximum absolute atomic E-state index is 5.95. The second kappa shape index (κ2) is 12.7. The van der Waals surface area contributed by atoms with Gasteiger partial charge in [-0.25, -0.2) is 0 Å². The van der Waals surface area contributed by atoms with E-state index in [-0.39, 0.29) is 6.17 Å². The van der Waals surface area contributed by atoms with Crippen molar-refractivity contribution < 1.29 is 0 Å². The summed E-state index contributed by atoms with van der Waals surface area (Å²) in [7, 11) is 0. The minimum absolute atomic E-state index is 0.0996. The van der Waals surface area contributed by atoms with Crippen molar-refractivity contribution in [1.82, 2.24) is 4.90 Å². The van der Waals surface area contributed by atoms with E-state index in [1.54, 1.807) is 0 Å². The van der Waals surface area contributed by atoms with Gasteiger partial charge in [0.25, 0.3) is 0 Å². The zero-order valence-corrected chi connectivity index (χ0v) is 14.9. The van der Waals surface area contributed by atoms with Crippen molar-refractivity contribution in [2.24, 2.45) is 10.7 Å². The van der Waals surface area contributed by atoms with Crippen LogP contribution in [-0.2, 0) is 0 Å². The van der Waals surface area contributed by atoms with Gasteiger partial charge in [-0.15, -0.1) is 0 Å². The van der Waals surface area contributed by atoms with E-state index in [0.717, 1.165) is 25.9 Å². The lowest BCUT2D eigenvalue weighted by Crippen LogP contribution is -2.41. The molecule has 1 atom stereocenters. The molecule has 1 heterocycles. The average Bonchev–Trinajstić information content (AvgIpc) is 2.97. The SMILES string of the molecule is CCCCCCCCCC/C=C/CCC1=NCCN1C(C)N. The van der Waals surface area contributed by atoms with Gasteiger partial charge in [-0.3, -0.25) is 4.99 Å². The molecule has 0 amide bonds. The van der Waals surface area contributed by atoms with Crippen molar-refractivity contribution in [3.8, 4) is 0 Å². The molecule has 0 bridgehead atoms. The van der Waals surface area contributed by atoms with Gasteiger partial charge in [0, 0.05) is 13.0 Å². The molecule has 3 heteroatoms. The van der Waals surface area contributed by atoms with Crippen molar-refractivity contribution in [3.63, 3.8) is 0 Å². The van der Waals surface area contributed by atoms with E-state index in [9.17, 15) is 0 Å². The number of unbranched alkanes of at least 4 members (excludes halogenated alkanes) is 8. The molecule has 1 rings (SSSR count). The normalized spacial score (nSPS) is 16.5. The molecule has 1 aliphatic rings. The van der Waals surface area contributed by atoms with Crippen LogP contribution in [-0.4, -0.2) is 30.0 Å². The third-order valence-electron chi connectivity index (χ3n) is 4.38. The second-order valence-corrected chi connectivity index (χ2v) is 6.51. The summed E-state index contributed by atoms with van der Waals surface area (Å²) in [6.07, 6.45) is 19.3. The molecule has 0 aromatic carbocycles. The van der Waals surface area contributed by atoms with Crippen molar-refractivity contribution in [2.75, 3.05) is 13.1 Å². The fraction of sp³-hybridized carbons (Fsp3) is 0.842. The third kappa shape index (κ3) is 8.57. The lowest BCUT2D eigenvalue weighted by Gasteiger charge is -2.24.